The molecule has 3 N–H and O–H groups in total. The molecule has 8 heteroatoms. The number of carbonyl (C=O) groups is 3. The van der Waals surface area contributed by atoms with Gasteiger partial charge in [-0.05, 0) is 47.3 Å². The number of carbonyl (C=O) groups excluding carboxylic acids is 2. The summed E-state index contributed by atoms with van der Waals surface area (Å²) in [5.41, 5.74) is 4.44. The third-order valence-corrected chi connectivity index (χ3v) is 5.74. The maximum Gasteiger partial charge on any atom is 0.407 e. The Morgan fingerprint density at radius 1 is 1.00 bits per heavy atom. The zero-order chi connectivity index (χ0) is 22.9. The van der Waals surface area contributed by atoms with Gasteiger partial charge in [0, 0.05) is 18.9 Å². The van der Waals surface area contributed by atoms with Crippen molar-refractivity contribution >= 4 is 30.6 Å². The topological polar surface area (TPSA) is 105 Å². The van der Waals surface area contributed by atoms with Crippen LogP contribution in [0, 0.1) is 0 Å². The Balaban J connectivity index is 1.49. The number of benzene rings is 2. The molecular weight excluding hydrogens is 428 g/mol. The molecule has 0 fully saturated rings. The van der Waals surface area contributed by atoms with Crippen LogP contribution < -0.4 is 10.6 Å². The van der Waals surface area contributed by atoms with E-state index >= 15 is 0 Å². The van der Waals surface area contributed by atoms with Crippen molar-refractivity contribution in [2.45, 2.75) is 37.6 Å². The maximum atomic E-state index is 12.3. The molecule has 2 amide bonds. The number of unbranched alkanes of at least 4 members (excludes halogenated alkanes) is 1. The van der Waals surface area contributed by atoms with Crippen LogP contribution >= 0.6 is 12.6 Å². The molecule has 1 aliphatic rings. The monoisotopic (exact) mass is 456 g/mol. The minimum absolute atomic E-state index is 0.0773. The number of alkyl carbamates (subject to hydrolysis) is 1. The van der Waals surface area contributed by atoms with E-state index < -0.39 is 18.1 Å². The normalized spacial score (nSPS) is 13.0. The van der Waals surface area contributed by atoms with E-state index in [-0.39, 0.29) is 24.9 Å². The molecule has 0 spiro atoms. The van der Waals surface area contributed by atoms with Crippen LogP contribution in [0.25, 0.3) is 11.1 Å². The average molecular weight is 457 g/mol. The molecule has 0 bridgehead atoms. The fourth-order valence-corrected chi connectivity index (χ4v) is 4.13. The predicted octanol–water partition coefficient (Wildman–Crippen LogP) is 3.58. The number of hydrogen-bond donors (Lipinski definition) is 4. The molecule has 0 unspecified atom stereocenters. The van der Waals surface area contributed by atoms with Crippen LogP contribution in [0.3, 0.4) is 0 Å². The molecule has 0 saturated heterocycles. The number of ether oxygens (including phenoxy) is 1. The maximum absolute atomic E-state index is 12.3. The number of thiol groups is 1. The molecule has 0 aliphatic heterocycles. The zero-order valence-electron chi connectivity index (χ0n) is 17.8. The Labute approximate surface area is 193 Å². The largest absolute Gasteiger partial charge is 0.480 e. The van der Waals surface area contributed by atoms with Gasteiger partial charge in [-0.2, -0.15) is 12.6 Å². The first-order valence-electron chi connectivity index (χ1n) is 10.7. The number of rotatable bonds is 11. The van der Waals surface area contributed by atoms with E-state index in [0.717, 1.165) is 22.3 Å². The van der Waals surface area contributed by atoms with Gasteiger partial charge in [0.2, 0.25) is 5.91 Å². The highest BCUT2D eigenvalue weighted by molar-refractivity contribution is 7.80. The molecule has 0 heterocycles. The summed E-state index contributed by atoms with van der Waals surface area (Å²) in [7, 11) is 0. The third kappa shape index (κ3) is 6.03. The van der Waals surface area contributed by atoms with Gasteiger partial charge < -0.3 is 20.5 Å². The Morgan fingerprint density at radius 2 is 1.62 bits per heavy atom. The van der Waals surface area contributed by atoms with Gasteiger partial charge in [-0.1, -0.05) is 48.5 Å². The van der Waals surface area contributed by atoms with Gasteiger partial charge in [0.05, 0.1) is 0 Å². The molecule has 7 nitrogen and oxygen atoms in total. The summed E-state index contributed by atoms with van der Waals surface area (Å²) in [5, 5.41) is 14.6. The second-order valence-corrected chi connectivity index (χ2v) is 8.13. The summed E-state index contributed by atoms with van der Waals surface area (Å²) in [6, 6.07) is 15.0. The van der Waals surface area contributed by atoms with Crippen molar-refractivity contribution in [3.8, 4) is 11.1 Å². The fourth-order valence-electron chi connectivity index (χ4n) is 3.93. The van der Waals surface area contributed by atoms with E-state index in [0.29, 0.717) is 31.6 Å². The Bertz CT molecular complexity index is 919. The molecule has 32 heavy (non-hydrogen) atoms. The van der Waals surface area contributed by atoms with Crippen molar-refractivity contribution in [1.29, 1.82) is 0 Å². The van der Waals surface area contributed by atoms with Gasteiger partial charge in [0.1, 0.15) is 12.6 Å². The van der Waals surface area contributed by atoms with E-state index in [9.17, 15) is 19.5 Å². The number of carboxylic acid groups (broad SMARTS) is 1. The average Bonchev–Trinajstić information content (AvgIpc) is 3.10. The van der Waals surface area contributed by atoms with Crippen LogP contribution in [-0.2, 0) is 14.3 Å². The number of aliphatic carboxylic acids is 1. The minimum Gasteiger partial charge on any atom is -0.480 e. The van der Waals surface area contributed by atoms with Gasteiger partial charge >= 0.3 is 12.1 Å². The smallest absolute Gasteiger partial charge is 0.407 e. The number of fused-ring (bicyclic) bond motifs is 3. The van der Waals surface area contributed by atoms with E-state index in [2.05, 4.69) is 35.4 Å². The fraction of sp³-hybridized carbons (Fsp3) is 0.375. The lowest BCUT2D eigenvalue weighted by Gasteiger charge is -2.17. The minimum atomic E-state index is -1.11. The second-order valence-electron chi connectivity index (χ2n) is 7.68. The predicted molar refractivity (Wildman–Crippen MR) is 125 cm³/mol. The van der Waals surface area contributed by atoms with Crippen molar-refractivity contribution in [2.24, 2.45) is 0 Å². The molecule has 2 aromatic carbocycles. The first kappa shape index (κ1) is 23.7. The van der Waals surface area contributed by atoms with Crippen molar-refractivity contribution in [2.75, 3.05) is 18.9 Å². The lowest BCUT2D eigenvalue weighted by Crippen LogP contribution is -2.41. The number of carboxylic acids is 1. The van der Waals surface area contributed by atoms with Crippen molar-refractivity contribution in [1.82, 2.24) is 10.6 Å². The Kier molecular flexibility index (Phi) is 8.56. The van der Waals surface area contributed by atoms with Crippen molar-refractivity contribution < 1.29 is 24.2 Å². The van der Waals surface area contributed by atoms with E-state index in [4.69, 9.17) is 4.74 Å². The van der Waals surface area contributed by atoms with Crippen LogP contribution in [0.4, 0.5) is 4.79 Å². The molecule has 1 aliphatic carbocycles. The standard InChI is InChI=1S/C24H28N2O5S/c27-22(12-14-32)25-13-6-5-11-21(23(28)29)26-24(30)31-15-20-18-9-3-1-7-16(18)17-8-2-4-10-19(17)20/h1-4,7-10,20-21,32H,5-6,11-15H2,(H,25,27)(H,26,30)(H,28,29)/t21-/m0/s1. The van der Waals surface area contributed by atoms with Crippen LogP contribution in [0.5, 0.6) is 0 Å². The van der Waals surface area contributed by atoms with Crippen LogP contribution in [-0.4, -0.2) is 48.0 Å². The second kappa shape index (κ2) is 11.6. The molecular formula is C24H28N2O5S. The summed E-state index contributed by atoms with van der Waals surface area (Å²) < 4.78 is 5.43. The summed E-state index contributed by atoms with van der Waals surface area (Å²) in [5.74, 6) is -0.793. The Morgan fingerprint density at radius 3 is 2.22 bits per heavy atom. The highest BCUT2D eigenvalue weighted by Gasteiger charge is 2.29. The number of nitrogens with one attached hydrogen (secondary N) is 2. The van der Waals surface area contributed by atoms with Gasteiger partial charge in [0.15, 0.2) is 0 Å². The Hall–Kier alpha value is -3.00. The molecule has 0 radical (unpaired) electrons. The van der Waals surface area contributed by atoms with Gasteiger partial charge in [-0.15, -0.1) is 0 Å². The zero-order valence-corrected chi connectivity index (χ0v) is 18.6. The molecule has 1 atom stereocenters. The van der Waals surface area contributed by atoms with E-state index in [1.54, 1.807) is 0 Å². The number of hydrogen-bond acceptors (Lipinski definition) is 5. The van der Waals surface area contributed by atoms with Crippen molar-refractivity contribution in [3.63, 3.8) is 0 Å². The first-order chi connectivity index (χ1) is 15.5. The third-order valence-electron chi connectivity index (χ3n) is 5.51. The lowest BCUT2D eigenvalue weighted by molar-refractivity contribution is -0.139. The summed E-state index contributed by atoms with van der Waals surface area (Å²) in [6.07, 6.45) is 1.02. The quantitative estimate of drug-likeness (QED) is 0.306. The molecule has 2 aromatic rings. The number of amides is 2. The molecule has 170 valence electrons. The summed E-state index contributed by atoms with van der Waals surface area (Å²) in [6.45, 7) is 0.591. The highest BCUT2D eigenvalue weighted by atomic mass is 32.1. The highest BCUT2D eigenvalue weighted by Crippen LogP contribution is 2.44. The van der Waals surface area contributed by atoms with Crippen LogP contribution in [0.1, 0.15) is 42.7 Å². The summed E-state index contributed by atoms with van der Waals surface area (Å²) >= 11 is 4.00. The van der Waals surface area contributed by atoms with Crippen LogP contribution in [0.2, 0.25) is 0 Å². The van der Waals surface area contributed by atoms with E-state index in [1.807, 2.05) is 36.4 Å². The molecule has 3 rings (SSSR count). The first-order valence-corrected chi connectivity index (χ1v) is 11.4. The molecule has 0 saturated carbocycles. The lowest BCUT2D eigenvalue weighted by atomic mass is 9.98. The van der Waals surface area contributed by atoms with Gasteiger partial charge in [-0.25, -0.2) is 9.59 Å². The van der Waals surface area contributed by atoms with Crippen molar-refractivity contribution in [3.05, 3.63) is 59.7 Å². The van der Waals surface area contributed by atoms with Gasteiger partial charge in [0.25, 0.3) is 0 Å². The molecule has 0 aromatic heterocycles. The van der Waals surface area contributed by atoms with Crippen LogP contribution in [0.15, 0.2) is 48.5 Å². The summed E-state index contributed by atoms with van der Waals surface area (Å²) in [4.78, 5) is 35.3. The van der Waals surface area contributed by atoms with Gasteiger partial charge in [-0.3, -0.25) is 4.79 Å². The van der Waals surface area contributed by atoms with E-state index in [1.165, 1.54) is 0 Å². The SMILES string of the molecule is O=C(CCS)NCCCC[C@H](NC(=O)OCC1c2ccccc2-c2ccccc21)C(=O)O.